The average molecular weight is 395 g/mol. The fraction of sp³-hybridized carbons (Fsp3) is 0.190. The number of H-pyrrole nitrogens is 1. The first-order valence-corrected chi connectivity index (χ1v) is 8.98. The molecule has 3 aromatic rings. The minimum atomic E-state index is -0.734. The number of carbonyl (C=O) groups is 1. The minimum Gasteiger partial charge on any atom is -0.495 e. The van der Waals surface area contributed by atoms with Crippen LogP contribution in [0.4, 0.5) is 5.69 Å². The van der Waals surface area contributed by atoms with E-state index < -0.39 is 17.2 Å². The minimum absolute atomic E-state index is 0.206. The molecule has 0 saturated carbocycles. The van der Waals surface area contributed by atoms with Gasteiger partial charge < -0.3 is 19.8 Å². The van der Waals surface area contributed by atoms with Gasteiger partial charge in [0.05, 0.1) is 25.1 Å². The first-order chi connectivity index (χ1) is 13.9. The number of hydrogen-bond donors (Lipinski definition) is 2. The molecule has 3 rings (SSSR count). The van der Waals surface area contributed by atoms with Crippen LogP contribution in [0.25, 0.3) is 5.69 Å². The lowest BCUT2D eigenvalue weighted by Crippen LogP contribution is -2.38. The molecule has 0 atom stereocenters. The number of anilines is 1. The number of benzene rings is 2. The summed E-state index contributed by atoms with van der Waals surface area (Å²) in [5, 5.41) is 2.66. The van der Waals surface area contributed by atoms with Gasteiger partial charge in [0, 0.05) is 6.20 Å². The smallest absolute Gasteiger partial charge is 0.333 e. The van der Waals surface area contributed by atoms with Crippen molar-refractivity contribution in [3.8, 4) is 17.2 Å². The molecule has 8 nitrogen and oxygen atoms in total. The number of nitrogens with one attached hydrogen (secondary N) is 2. The molecule has 0 bridgehead atoms. The molecule has 0 spiro atoms. The molecule has 1 heterocycles. The number of carbonyl (C=O) groups excluding carboxylic acids is 1. The quantitative estimate of drug-likeness (QED) is 0.668. The second kappa shape index (κ2) is 8.47. The van der Waals surface area contributed by atoms with E-state index in [0.29, 0.717) is 29.5 Å². The molecule has 0 unspecified atom stereocenters. The predicted octanol–water partition coefficient (Wildman–Crippen LogP) is 2.49. The number of methoxy groups -OCH3 is 1. The van der Waals surface area contributed by atoms with Crippen LogP contribution in [0.2, 0.25) is 0 Å². The molecular weight excluding hydrogens is 374 g/mol. The van der Waals surface area contributed by atoms with E-state index in [2.05, 4.69) is 10.3 Å². The van der Waals surface area contributed by atoms with Gasteiger partial charge in [-0.2, -0.15) is 0 Å². The summed E-state index contributed by atoms with van der Waals surface area (Å²) in [4.78, 5) is 40.3. The van der Waals surface area contributed by atoms with E-state index in [9.17, 15) is 14.4 Å². The molecule has 2 aromatic carbocycles. The zero-order valence-electron chi connectivity index (χ0n) is 16.3. The summed E-state index contributed by atoms with van der Waals surface area (Å²) in [5.74, 6) is 0.413. The van der Waals surface area contributed by atoms with E-state index in [1.165, 1.54) is 7.11 Å². The highest BCUT2D eigenvalue weighted by Gasteiger charge is 2.17. The number of ether oxygens (including phenoxy) is 2. The van der Waals surface area contributed by atoms with Crippen LogP contribution in [0.15, 0.2) is 58.3 Å². The molecule has 29 heavy (non-hydrogen) atoms. The van der Waals surface area contributed by atoms with Gasteiger partial charge in [0.25, 0.3) is 11.5 Å². The largest absolute Gasteiger partial charge is 0.495 e. The molecule has 0 aliphatic heterocycles. The highest BCUT2D eigenvalue weighted by atomic mass is 16.5. The molecule has 150 valence electrons. The summed E-state index contributed by atoms with van der Waals surface area (Å²) in [6.45, 7) is 4.22. The molecule has 0 radical (unpaired) electrons. The standard InChI is InChI=1S/C21H21N3O5/c1-4-29-15-8-6-14(7-9-15)24-20(26)16(12-22-21(24)27)19(25)23-17-11-13(2)5-10-18(17)28-3/h5-12H,4H2,1-3H3,(H,22,27)(H,23,25). The van der Waals surface area contributed by atoms with Crippen LogP contribution in [-0.4, -0.2) is 29.2 Å². The van der Waals surface area contributed by atoms with Crippen LogP contribution in [0.1, 0.15) is 22.8 Å². The Morgan fingerprint density at radius 3 is 2.52 bits per heavy atom. The zero-order valence-corrected chi connectivity index (χ0v) is 16.3. The van der Waals surface area contributed by atoms with Crippen molar-refractivity contribution in [1.29, 1.82) is 0 Å². The average Bonchev–Trinajstić information content (AvgIpc) is 2.69. The van der Waals surface area contributed by atoms with Gasteiger partial charge in [-0.1, -0.05) is 6.07 Å². The summed E-state index contributed by atoms with van der Waals surface area (Å²) in [7, 11) is 1.49. The first kappa shape index (κ1) is 19.9. The molecule has 0 aliphatic rings. The highest BCUT2D eigenvalue weighted by molar-refractivity contribution is 6.04. The molecule has 0 saturated heterocycles. The lowest BCUT2D eigenvalue weighted by molar-refractivity contribution is 0.102. The Bertz CT molecular complexity index is 1150. The van der Waals surface area contributed by atoms with Crippen molar-refractivity contribution in [1.82, 2.24) is 9.55 Å². The topological polar surface area (TPSA) is 102 Å². The number of aromatic nitrogens is 2. The Kier molecular flexibility index (Phi) is 5.82. The van der Waals surface area contributed by atoms with Gasteiger partial charge in [0.15, 0.2) is 0 Å². The van der Waals surface area contributed by atoms with Crippen molar-refractivity contribution in [3.63, 3.8) is 0 Å². The maximum absolute atomic E-state index is 12.9. The number of hydrogen-bond acceptors (Lipinski definition) is 5. The van der Waals surface area contributed by atoms with Crippen LogP contribution in [0.3, 0.4) is 0 Å². The fourth-order valence-corrected chi connectivity index (χ4v) is 2.84. The maximum atomic E-state index is 12.9. The van der Waals surface area contributed by atoms with Crippen molar-refractivity contribution in [2.24, 2.45) is 0 Å². The summed E-state index contributed by atoms with van der Waals surface area (Å²) >= 11 is 0. The van der Waals surface area contributed by atoms with E-state index >= 15 is 0 Å². The molecule has 1 aromatic heterocycles. The third-order valence-corrected chi connectivity index (χ3v) is 4.23. The van der Waals surface area contributed by atoms with Gasteiger partial charge >= 0.3 is 5.69 Å². The molecule has 2 N–H and O–H groups in total. The molecule has 0 fully saturated rings. The zero-order chi connectivity index (χ0) is 21.0. The Morgan fingerprint density at radius 1 is 1.14 bits per heavy atom. The van der Waals surface area contributed by atoms with Gasteiger partial charge in [-0.3, -0.25) is 9.59 Å². The van der Waals surface area contributed by atoms with Crippen LogP contribution in [0, 0.1) is 6.92 Å². The fourth-order valence-electron chi connectivity index (χ4n) is 2.84. The van der Waals surface area contributed by atoms with Crippen LogP contribution < -0.4 is 26.0 Å². The maximum Gasteiger partial charge on any atom is 0.333 e. The summed E-state index contributed by atoms with van der Waals surface area (Å²) in [5.41, 5.74) is 0.0699. The van der Waals surface area contributed by atoms with E-state index in [1.807, 2.05) is 19.9 Å². The second-order valence-electron chi connectivity index (χ2n) is 6.23. The lowest BCUT2D eigenvalue weighted by Gasteiger charge is -2.12. The van der Waals surface area contributed by atoms with Crippen molar-refractivity contribution >= 4 is 11.6 Å². The number of rotatable bonds is 6. The van der Waals surface area contributed by atoms with Gasteiger partial charge in [-0.25, -0.2) is 9.36 Å². The van der Waals surface area contributed by atoms with Crippen molar-refractivity contribution in [2.75, 3.05) is 19.0 Å². The number of amides is 1. The van der Waals surface area contributed by atoms with Gasteiger partial charge in [-0.05, 0) is 55.8 Å². The van der Waals surface area contributed by atoms with Gasteiger partial charge in [0.2, 0.25) is 0 Å². The highest BCUT2D eigenvalue weighted by Crippen LogP contribution is 2.25. The number of nitrogens with zero attached hydrogens (tertiary/aromatic N) is 1. The molecule has 0 aliphatic carbocycles. The summed E-state index contributed by atoms with van der Waals surface area (Å²) in [6, 6.07) is 11.7. The second-order valence-corrected chi connectivity index (χ2v) is 6.23. The van der Waals surface area contributed by atoms with E-state index in [-0.39, 0.29) is 5.56 Å². The van der Waals surface area contributed by atoms with E-state index in [1.54, 1.807) is 36.4 Å². The van der Waals surface area contributed by atoms with E-state index in [4.69, 9.17) is 9.47 Å². The van der Waals surface area contributed by atoms with Crippen LogP contribution in [0.5, 0.6) is 11.5 Å². The monoisotopic (exact) mass is 395 g/mol. The van der Waals surface area contributed by atoms with Crippen molar-refractivity contribution in [3.05, 3.63) is 80.6 Å². The van der Waals surface area contributed by atoms with E-state index in [0.717, 1.165) is 16.3 Å². The SMILES string of the molecule is CCOc1ccc(-n2c(=O)[nH]cc(C(=O)Nc3cc(C)ccc3OC)c2=O)cc1. The third-order valence-electron chi connectivity index (χ3n) is 4.23. The Labute approximate surface area is 166 Å². The molecule has 8 heteroatoms. The third kappa shape index (κ3) is 4.21. The lowest BCUT2D eigenvalue weighted by atomic mass is 10.2. The van der Waals surface area contributed by atoms with Gasteiger partial charge in [0.1, 0.15) is 17.1 Å². The Hall–Kier alpha value is -3.81. The summed E-state index contributed by atoms with van der Waals surface area (Å²) in [6.07, 6.45) is 1.10. The molecular formula is C21H21N3O5. The van der Waals surface area contributed by atoms with Gasteiger partial charge in [-0.15, -0.1) is 0 Å². The van der Waals surface area contributed by atoms with Crippen LogP contribution >= 0.6 is 0 Å². The molecule has 1 amide bonds. The first-order valence-electron chi connectivity index (χ1n) is 8.98. The number of aryl methyl sites for hydroxylation is 1. The predicted molar refractivity (Wildman–Crippen MR) is 110 cm³/mol. The normalized spacial score (nSPS) is 10.4. The van der Waals surface area contributed by atoms with Crippen molar-refractivity contribution < 1.29 is 14.3 Å². The van der Waals surface area contributed by atoms with Crippen molar-refractivity contribution in [2.45, 2.75) is 13.8 Å². The van der Waals surface area contributed by atoms with Crippen LogP contribution in [-0.2, 0) is 0 Å². The Balaban J connectivity index is 1.98. The number of aromatic amines is 1. The Morgan fingerprint density at radius 2 is 1.86 bits per heavy atom. The summed E-state index contributed by atoms with van der Waals surface area (Å²) < 4.78 is 11.5.